The van der Waals surface area contributed by atoms with Gasteiger partial charge in [0.15, 0.2) is 6.35 Å². The van der Waals surface area contributed by atoms with Crippen LogP contribution in [0.3, 0.4) is 0 Å². The number of nitrogens with zero attached hydrogens (tertiary/aromatic N) is 3. The zero-order valence-corrected chi connectivity index (χ0v) is 17.2. The fourth-order valence-corrected chi connectivity index (χ4v) is 3.38. The molecule has 2 unspecified atom stereocenters. The summed E-state index contributed by atoms with van der Waals surface area (Å²) in [5.74, 6) is 0.726. The van der Waals surface area contributed by atoms with E-state index in [2.05, 4.69) is 34.5 Å². The molecule has 1 heterocycles. The van der Waals surface area contributed by atoms with Crippen LogP contribution in [0.2, 0.25) is 0 Å². The molecule has 1 aromatic carbocycles. The fourth-order valence-electron chi connectivity index (χ4n) is 3.38. The summed E-state index contributed by atoms with van der Waals surface area (Å²) in [6.45, 7) is 3.62. The highest BCUT2D eigenvalue weighted by atomic mass is 16.3. The number of unbranched alkanes of at least 4 members (excludes halogenated alkanes) is 1. The molecule has 0 fully saturated rings. The van der Waals surface area contributed by atoms with Crippen LogP contribution >= 0.6 is 0 Å². The van der Waals surface area contributed by atoms with Crippen molar-refractivity contribution in [3.63, 3.8) is 0 Å². The van der Waals surface area contributed by atoms with Gasteiger partial charge in [-0.25, -0.2) is 4.90 Å². The van der Waals surface area contributed by atoms with Gasteiger partial charge in [-0.05, 0) is 50.9 Å². The smallest absolute Gasteiger partial charge is 0.189 e. The van der Waals surface area contributed by atoms with Crippen molar-refractivity contribution in [2.24, 2.45) is 0 Å². The minimum Gasteiger partial charge on any atom is -0.396 e. The fraction of sp³-hybridized carbons (Fsp3) is 0.619. The van der Waals surface area contributed by atoms with Crippen LogP contribution in [-0.4, -0.2) is 89.5 Å². The molecule has 0 radical (unpaired) electrons. The summed E-state index contributed by atoms with van der Waals surface area (Å²) < 4.78 is 0. The third-order valence-electron chi connectivity index (χ3n) is 5.21. The second-order valence-electron chi connectivity index (χ2n) is 7.38. The highest BCUT2D eigenvalue weighted by Crippen LogP contribution is 2.15. The van der Waals surface area contributed by atoms with Crippen LogP contribution in [0.4, 0.5) is 0 Å². The quantitative estimate of drug-likeness (QED) is 0.388. The highest BCUT2D eigenvalue weighted by molar-refractivity contribution is 5.14. The number of likely N-dealkylation sites (N-methyl/N-ethyl adjacent to an activating group) is 1. The monoisotopic (exact) mass is 392 g/mol. The molecule has 0 aromatic heterocycles. The second kappa shape index (κ2) is 12.0. The van der Waals surface area contributed by atoms with Crippen molar-refractivity contribution in [1.29, 1.82) is 0 Å². The average Bonchev–Trinajstić information content (AvgIpc) is 2.71. The van der Waals surface area contributed by atoms with Crippen LogP contribution in [0.5, 0.6) is 0 Å². The summed E-state index contributed by atoms with van der Waals surface area (Å²) in [4.78, 5) is 5.53. The van der Waals surface area contributed by atoms with Crippen LogP contribution in [0.15, 0.2) is 42.2 Å². The van der Waals surface area contributed by atoms with Crippen molar-refractivity contribution in [2.75, 3.05) is 46.9 Å². The van der Waals surface area contributed by atoms with Gasteiger partial charge in [0.2, 0.25) is 0 Å². The van der Waals surface area contributed by atoms with Crippen molar-refractivity contribution in [3.05, 3.63) is 47.8 Å². The van der Waals surface area contributed by atoms with Gasteiger partial charge in [0.25, 0.3) is 0 Å². The Morgan fingerprint density at radius 2 is 1.71 bits per heavy atom. The zero-order chi connectivity index (χ0) is 20.4. The van der Waals surface area contributed by atoms with Gasteiger partial charge in [0, 0.05) is 33.3 Å². The molecular formula is C21H36N4O3. The molecule has 0 amide bonds. The van der Waals surface area contributed by atoms with Crippen LogP contribution in [0, 0.1) is 0 Å². The number of nitrogens with one attached hydrogen (secondary N) is 1. The van der Waals surface area contributed by atoms with E-state index < -0.39 is 12.6 Å². The van der Waals surface area contributed by atoms with E-state index in [1.165, 1.54) is 10.5 Å². The molecule has 1 aliphatic heterocycles. The maximum absolute atomic E-state index is 10.1. The van der Waals surface area contributed by atoms with Crippen molar-refractivity contribution in [1.82, 2.24) is 20.0 Å². The molecule has 4 N–H and O–H groups in total. The lowest BCUT2D eigenvalue weighted by Crippen LogP contribution is -2.54. The molecule has 1 aromatic rings. The summed E-state index contributed by atoms with van der Waals surface area (Å²) in [6.07, 6.45) is 4.15. The Kier molecular flexibility index (Phi) is 9.73. The van der Waals surface area contributed by atoms with E-state index >= 15 is 0 Å². The third-order valence-corrected chi connectivity index (χ3v) is 5.21. The average molecular weight is 393 g/mol. The predicted molar refractivity (Wildman–Crippen MR) is 111 cm³/mol. The largest absolute Gasteiger partial charge is 0.396 e. The molecule has 0 bridgehead atoms. The van der Waals surface area contributed by atoms with E-state index in [1.54, 1.807) is 25.1 Å². The third kappa shape index (κ3) is 7.07. The Labute approximate surface area is 168 Å². The molecule has 0 saturated heterocycles. The maximum Gasteiger partial charge on any atom is 0.189 e. The van der Waals surface area contributed by atoms with Gasteiger partial charge in [-0.15, -0.1) is 0 Å². The van der Waals surface area contributed by atoms with Gasteiger partial charge in [0.1, 0.15) is 12.0 Å². The van der Waals surface area contributed by atoms with Crippen LogP contribution < -0.4 is 5.32 Å². The van der Waals surface area contributed by atoms with E-state index in [0.29, 0.717) is 6.54 Å². The molecule has 0 aliphatic carbocycles. The van der Waals surface area contributed by atoms with Crippen LogP contribution in [0.25, 0.3) is 0 Å². The molecular weight excluding hydrogens is 356 g/mol. The zero-order valence-electron chi connectivity index (χ0n) is 17.2. The number of aryl methyl sites for hydroxylation is 1. The normalized spacial score (nSPS) is 20.5. The van der Waals surface area contributed by atoms with Crippen LogP contribution in [0.1, 0.15) is 24.8 Å². The molecule has 1 aliphatic rings. The van der Waals surface area contributed by atoms with Crippen molar-refractivity contribution in [2.45, 2.75) is 38.3 Å². The first-order chi connectivity index (χ1) is 13.5. The van der Waals surface area contributed by atoms with E-state index in [0.717, 1.165) is 51.1 Å². The summed E-state index contributed by atoms with van der Waals surface area (Å²) in [5.41, 5.74) is 1.38. The lowest BCUT2D eigenvalue weighted by atomic mass is 10.1. The number of aliphatic hydroxyl groups is 3. The molecule has 2 atom stereocenters. The SMILES string of the molecule is CN1C(NCCN(CCCO)CCCCc2ccccc2)=CC(O)N(C)C1O. The number of rotatable bonds is 12. The molecule has 28 heavy (non-hydrogen) atoms. The van der Waals surface area contributed by atoms with Gasteiger partial charge in [-0.3, -0.25) is 0 Å². The first-order valence-corrected chi connectivity index (χ1v) is 10.2. The van der Waals surface area contributed by atoms with E-state index in [9.17, 15) is 10.2 Å². The standard InChI is InChI=1S/C21H36N4O3/c1-23-19(17-20(27)24(2)21(23)28)22-12-15-25(14-8-16-26)13-7-6-11-18-9-4-3-5-10-18/h3-5,9-10,17,20-22,26-28H,6-8,11-16H2,1-2H3. The number of aliphatic hydroxyl groups excluding tert-OH is 3. The number of benzene rings is 1. The first kappa shape index (κ1) is 22.6. The lowest BCUT2D eigenvalue weighted by molar-refractivity contribution is -0.142. The summed E-state index contributed by atoms with van der Waals surface area (Å²) in [6, 6.07) is 10.5. The maximum atomic E-state index is 10.1. The molecule has 7 nitrogen and oxygen atoms in total. The molecule has 7 heteroatoms. The first-order valence-electron chi connectivity index (χ1n) is 10.2. The Morgan fingerprint density at radius 1 is 1.00 bits per heavy atom. The topological polar surface area (TPSA) is 82.4 Å². The van der Waals surface area contributed by atoms with Gasteiger partial charge in [0.05, 0.1) is 0 Å². The highest BCUT2D eigenvalue weighted by Gasteiger charge is 2.28. The molecule has 158 valence electrons. The number of hydrogen-bond donors (Lipinski definition) is 4. The van der Waals surface area contributed by atoms with Crippen LogP contribution in [-0.2, 0) is 6.42 Å². The Hall–Kier alpha value is -1.64. The van der Waals surface area contributed by atoms with E-state index in [1.807, 2.05) is 6.07 Å². The molecule has 2 rings (SSSR count). The van der Waals surface area contributed by atoms with Crippen molar-refractivity contribution >= 4 is 0 Å². The summed E-state index contributed by atoms with van der Waals surface area (Å²) in [7, 11) is 3.46. The lowest BCUT2D eigenvalue weighted by Gasteiger charge is -2.40. The van der Waals surface area contributed by atoms with Gasteiger partial charge in [-0.1, -0.05) is 30.3 Å². The predicted octanol–water partition coefficient (Wildman–Crippen LogP) is 0.596. The summed E-state index contributed by atoms with van der Waals surface area (Å²) in [5, 5.41) is 32.6. The Balaban J connectivity index is 1.74. The van der Waals surface area contributed by atoms with Gasteiger partial charge in [-0.2, -0.15) is 0 Å². The van der Waals surface area contributed by atoms with E-state index in [4.69, 9.17) is 5.11 Å². The van der Waals surface area contributed by atoms with Crippen molar-refractivity contribution < 1.29 is 15.3 Å². The Bertz CT molecular complexity index is 584. The van der Waals surface area contributed by atoms with E-state index in [-0.39, 0.29) is 6.61 Å². The van der Waals surface area contributed by atoms with Gasteiger partial charge < -0.3 is 30.4 Å². The molecule has 0 spiro atoms. The second-order valence-corrected chi connectivity index (χ2v) is 7.38. The minimum atomic E-state index is -0.856. The molecule has 0 saturated carbocycles. The minimum absolute atomic E-state index is 0.201. The Morgan fingerprint density at radius 3 is 2.43 bits per heavy atom. The number of hydrogen-bond acceptors (Lipinski definition) is 7. The summed E-state index contributed by atoms with van der Waals surface area (Å²) >= 11 is 0. The van der Waals surface area contributed by atoms with Gasteiger partial charge >= 0.3 is 0 Å². The van der Waals surface area contributed by atoms with Crippen molar-refractivity contribution in [3.8, 4) is 0 Å².